The average Bonchev–Trinajstić information content (AvgIpc) is 1.96. The fraction of sp³-hybridized carbons (Fsp3) is 0.400. The van der Waals surface area contributed by atoms with E-state index in [1.54, 1.807) is 6.07 Å². The molecule has 1 rings (SSSR count). The number of benzene rings is 1. The van der Waals surface area contributed by atoms with Gasteiger partial charge in [-0.3, -0.25) is 0 Å². The fourth-order valence-corrected chi connectivity index (χ4v) is 1.15. The predicted octanol–water partition coefficient (Wildman–Crippen LogP) is -1.29. The Morgan fingerprint density at radius 3 is 2.62 bits per heavy atom. The maximum absolute atomic E-state index is 9.37. The molecule has 0 saturated carbocycles. The summed E-state index contributed by atoms with van der Waals surface area (Å²) in [6.45, 7) is 3.84. The molecule has 3 N–H and O–H groups in total. The molecular weight excluding hydrogens is 186 g/mol. The third-order valence-corrected chi connectivity index (χ3v) is 1.83. The van der Waals surface area contributed by atoms with Crippen molar-refractivity contribution in [1.29, 1.82) is 0 Å². The number of aromatic hydroxyl groups is 1. The zero-order chi connectivity index (χ0) is 9.14. The van der Waals surface area contributed by atoms with E-state index in [-0.39, 0.29) is 19.9 Å². The number of phenolic OH excluding ortho intramolecular Hbond substituents is 1. The van der Waals surface area contributed by atoms with Gasteiger partial charge in [0.15, 0.2) is 0 Å². The second kappa shape index (κ2) is 5.10. The van der Waals surface area contributed by atoms with Crippen molar-refractivity contribution in [2.24, 2.45) is 5.73 Å². The van der Waals surface area contributed by atoms with E-state index in [2.05, 4.69) is 0 Å². The number of halogens is 1. The Hall–Kier alpha value is -0.730. The van der Waals surface area contributed by atoms with E-state index in [0.29, 0.717) is 5.75 Å². The quantitative estimate of drug-likeness (QED) is 0.626. The summed E-state index contributed by atoms with van der Waals surface area (Å²) in [7, 11) is 0. The van der Waals surface area contributed by atoms with Crippen LogP contribution in [-0.2, 0) is 6.42 Å². The predicted molar refractivity (Wildman–Crippen MR) is 51.3 cm³/mol. The van der Waals surface area contributed by atoms with Gasteiger partial charge in [-0.25, -0.2) is 0 Å². The van der Waals surface area contributed by atoms with E-state index < -0.39 is 0 Å². The first kappa shape index (κ1) is 12.3. The van der Waals surface area contributed by atoms with Crippen LogP contribution in [0.3, 0.4) is 0 Å². The monoisotopic (exact) mass is 201 g/mol. The van der Waals surface area contributed by atoms with Crippen LogP contribution in [0, 0.1) is 6.92 Å². The van der Waals surface area contributed by atoms with Crippen molar-refractivity contribution in [3.8, 4) is 5.75 Å². The van der Waals surface area contributed by atoms with Crippen molar-refractivity contribution in [1.82, 2.24) is 0 Å². The van der Waals surface area contributed by atoms with E-state index in [9.17, 15) is 5.11 Å². The number of nitrogens with two attached hydrogens (primary N) is 1. The molecule has 0 fully saturated rings. The zero-order valence-electron chi connectivity index (χ0n) is 8.92. The summed E-state index contributed by atoms with van der Waals surface area (Å²) in [5.41, 5.74) is 7.63. The maximum Gasteiger partial charge on any atom is 1.00 e. The molecule has 1 atom stereocenters. The lowest BCUT2D eigenvalue weighted by molar-refractivity contribution is -0.00000387. The third-order valence-electron chi connectivity index (χ3n) is 1.83. The van der Waals surface area contributed by atoms with Crippen molar-refractivity contribution in [3.63, 3.8) is 0 Å². The van der Waals surface area contributed by atoms with Gasteiger partial charge in [0.05, 0.1) is 0 Å². The van der Waals surface area contributed by atoms with Crippen molar-refractivity contribution >= 4 is 0 Å². The Balaban J connectivity index is 0. The molecule has 0 aliphatic rings. The van der Waals surface area contributed by atoms with Gasteiger partial charge in [-0.1, -0.05) is 12.1 Å². The highest BCUT2D eigenvalue weighted by molar-refractivity contribution is 5.35. The molecule has 0 spiro atoms. The summed E-state index contributed by atoms with van der Waals surface area (Å²) in [6.07, 6.45) is 0.813. The summed E-state index contributed by atoms with van der Waals surface area (Å²) < 4.78 is 0. The normalized spacial score (nSPS) is 11.9. The number of hydrogen-bond acceptors (Lipinski definition) is 2. The van der Waals surface area contributed by atoms with Crippen LogP contribution in [0.15, 0.2) is 18.2 Å². The van der Waals surface area contributed by atoms with E-state index in [0.717, 1.165) is 17.5 Å². The van der Waals surface area contributed by atoms with Gasteiger partial charge in [0.2, 0.25) is 0 Å². The van der Waals surface area contributed by atoms with Crippen molar-refractivity contribution in [2.45, 2.75) is 26.3 Å². The van der Waals surface area contributed by atoms with Gasteiger partial charge < -0.3 is 23.2 Å². The summed E-state index contributed by atoms with van der Waals surface area (Å²) in [5, 5.41) is 9.37. The number of rotatable bonds is 2. The minimum Gasteiger partial charge on any atom is -1.00 e. The first-order valence-electron chi connectivity index (χ1n) is 4.13. The Kier molecular flexibility index (Phi) is 4.81. The summed E-state index contributed by atoms with van der Waals surface area (Å²) >= 11 is 0. The highest BCUT2D eigenvalue weighted by atomic mass is 35.5. The Bertz CT molecular complexity index is 279. The first-order valence-corrected chi connectivity index (χ1v) is 4.13. The summed E-state index contributed by atoms with van der Waals surface area (Å²) in [5.74, 6) is 0.355. The Morgan fingerprint density at radius 1 is 1.54 bits per heavy atom. The van der Waals surface area contributed by atoms with Crippen LogP contribution in [0.4, 0.5) is 0 Å². The van der Waals surface area contributed by atoms with Crippen LogP contribution in [0.25, 0.3) is 0 Å². The Labute approximate surface area is 86.7 Å². The molecule has 0 bridgehead atoms. The molecule has 1 unspecified atom stereocenters. The molecule has 1 aromatic carbocycles. The van der Waals surface area contributed by atoms with E-state index in [4.69, 9.17) is 5.73 Å². The van der Waals surface area contributed by atoms with Crippen molar-refractivity contribution in [2.75, 3.05) is 0 Å². The van der Waals surface area contributed by atoms with Gasteiger partial charge in [-0.15, -0.1) is 0 Å². The van der Waals surface area contributed by atoms with Gasteiger partial charge >= 0.3 is 1.43 Å². The molecule has 1 aromatic rings. The third kappa shape index (κ3) is 3.66. The van der Waals surface area contributed by atoms with Crippen LogP contribution in [-0.4, -0.2) is 11.1 Å². The average molecular weight is 202 g/mol. The lowest BCUT2D eigenvalue weighted by Crippen LogP contribution is -3.00. The van der Waals surface area contributed by atoms with E-state index in [1.807, 2.05) is 26.0 Å². The molecular formula is C10H16ClNO. The molecule has 0 aromatic heterocycles. The molecule has 2 nitrogen and oxygen atoms in total. The van der Waals surface area contributed by atoms with Gasteiger partial charge in [0.25, 0.3) is 0 Å². The second-order valence-electron chi connectivity index (χ2n) is 3.30. The fourth-order valence-electron chi connectivity index (χ4n) is 1.15. The topological polar surface area (TPSA) is 46.2 Å². The molecule has 74 valence electrons. The summed E-state index contributed by atoms with van der Waals surface area (Å²) in [4.78, 5) is 0. The maximum atomic E-state index is 9.37. The van der Waals surface area contributed by atoms with E-state index >= 15 is 0 Å². The smallest absolute Gasteiger partial charge is 1.00 e. The van der Waals surface area contributed by atoms with Crippen LogP contribution >= 0.6 is 0 Å². The van der Waals surface area contributed by atoms with Gasteiger partial charge in [-0.05, 0) is 37.5 Å². The zero-order valence-corrected chi connectivity index (χ0v) is 8.67. The first-order chi connectivity index (χ1) is 5.59. The van der Waals surface area contributed by atoms with Gasteiger partial charge in [0.1, 0.15) is 5.75 Å². The standard InChI is InChI=1S/C10H15NO.ClH/c1-7-3-4-9(5-8(2)11)6-10(7)12;/h3-4,6,8,12H,5,11H2,1-2H3;1H. The minimum absolute atomic E-state index is 0. The largest absolute Gasteiger partial charge is 1.00 e. The van der Waals surface area contributed by atoms with E-state index in [1.165, 1.54) is 0 Å². The second-order valence-corrected chi connectivity index (χ2v) is 3.30. The lowest BCUT2D eigenvalue weighted by Gasteiger charge is -2.06. The molecule has 13 heavy (non-hydrogen) atoms. The molecule has 0 aliphatic heterocycles. The van der Waals surface area contributed by atoms with Crippen LogP contribution in [0.5, 0.6) is 5.75 Å². The van der Waals surface area contributed by atoms with Crippen LogP contribution in [0.2, 0.25) is 0 Å². The lowest BCUT2D eigenvalue weighted by atomic mass is 10.1. The van der Waals surface area contributed by atoms with Gasteiger partial charge in [0, 0.05) is 6.04 Å². The molecule has 0 aliphatic carbocycles. The molecule has 0 saturated heterocycles. The Morgan fingerprint density at radius 2 is 2.15 bits per heavy atom. The van der Waals surface area contributed by atoms with Crippen molar-refractivity contribution in [3.05, 3.63) is 29.3 Å². The highest BCUT2D eigenvalue weighted by Crippen LogP contribution is 2.17. The molecule has 3 heteroatoms. The molecule has 0 radical (unpaired) electrons. The number of hydrogen-bond donors (Lipinski definition) is 2. The highest BCUT2D eigenvalue weighted by Gasteiger charge is 2.00. The number of aryl methyl sites for hydroxylation is 1. The molecule has 0 heterocycles. The minimum atomic E-state index is 0. The van der Waals surface area contributed by atoms with Crippen LogP contribution in [0.1, 0.15) is 19.5 Å². The van der Waals surface area contributed by atoms with Crippen LogP contribution < -0.4 is 18.1 Å². The SMILES string of the molecule is Cc1ccc(CC(C)N)cc1O.[Cl-].[H+]. The summed E-state index contributed by atoms with van der Waals surface area (Å²) in [6, 6.07) is 5.83. The number of phenols is 1. The molecule has 0 amide bonds. The van der Waals surface area contributed by atoms with Crippen molar-refractivity contribution < 1.29 is 18.9 Å². The van der Waals surface area contributed by atoms with Gasteiger partial charge in [-0.2, -0.15) is 0 Å².